The largest absolute Gasteiger partial charge is 0.377 e. The summed E-state index contributed by atoms with van der Waals surface area (Å²) in [5.74, 6) is 0. The van der Waals surface area contributed by atoms with Gasteiger partial charge in [0, 0.05) is 24.0 Å². The SMILES string of the molecule is CCn1nc(C)c(C(C)Nc2cnccc2C)c1C. The van der Waals surface area contributed by atoms with Crippen molar-refractivity contribution in [1.29, 1.82) is 0 Å². The standard InChI is InChI=1S/C15H22N4/c1-6-19-13(5)15(12(4)18-19)11(3)17-14-9-16-8-7-10(14)2/h7-9,11,17H,6H2,1-5H3. The smallest absolute Gasteiger partial charge is 0.0649 e. The molecular formula is C15H22N4. The van der Waals surface area contributed by atoms with Gasteiger partial charge in [-0.25, -0.2) is 0 Å². The van der Waals surface area contributed by atoms with E-state index in [0.717, 1.165) is 17.9 Å². The van der Waals surface area contributed by atoms with Crippen LogP contribution in [0.15, 0.2) is 18.5 Å². The number of hydrogen-bond donors (Lipinski definition) is 1. The zero-order valence-electron chi connectivity index (χ0n) is 12.4. The van der Waals surface area contributed by atoms with Crippen LogP contribution >= 0.6 is 0 Å². The number of pyridine rings is 1. The van der Waals surface area contributed by atoms with Gasteiger partial charge in [-0.15, -0.1) is 0 Å². The molecule has 102 valence electrons. The Balaban J connectivity index is 2.28. The lowest BCUT2D eigenvalue weighted by Crippen LogP contribution is -2.10. The van der Waals surface area contributed by atoms with Gasteiger partial charge in [0.2, 0.25) is 0 Å². The first kappa shape index (κ1) is 13.6. The molecule has 0 aromatic carbocycles. The number of nitrogens with zero attached hydrogens (tertiary/aromatic N) is 3. The minimum Gasteiger partial charge on any atom is -0.377 e. The molecule has 0 fully saturated rings. The summed E-state index contributed by atoms with van der Waals surface area (Å²) >= 11 is 0. The van der Waals surface area contributed by atoms with E-state index in [1.54, 1.807) is 0 Å². The van der Waals surface area contributed by atoms with Crippen LogP contribution in [0.4, 0.5) is 5.69 Å². The normalized spacial score (nSPS) is 12.5. The van der Waals surface area contributed by atoms with Gasteiger partial charge in [-0.3, -0.25) is 9.67 Å². The summed E-state index contributed by atoms with van der Waals surface area (Å²) < 4.78 is 2.05. The van der Waals surface area contributed by atoms with E-state index >= 15 is 0 Å². The Morgan fingerprint density at radius 3 is 2.63 bits per heavy atom. The first-order chi connectivity index (χ1) is 9.04. The highest BCUT2D eigenvalue weighted by atomic mass is 15.3. The molecule has 4 nitrogen and oxygen atoms in total. The monoisotopic (exact) mass is 258 g/mol. The molecular weight excluding hydrogens is 236 g/mol. The fraction of sp³-hybridized carbons (Fsp3) is 0.467. The van der Waals surface area contributed by atoms with E-state index < -0.39 is 0 Å². The van der Waals surface area contributed by atoms with Crippen molar-refractivity contribution in [3.63, 3.8) is 0 Å². The predicted molar refractivity (Wildman–Crippen MR) is 78.4 cm³/mol. The summed E-state index contributed by atoms with van der Waals surface area (Å²) in [7, 11) is 0. The van der Waals surface area contributed by atoms with E-state index in [2.05, 4.69) is 54.7 Å². The molecule has 0 spiro atoms. The summed E-state index contributed by atoms with van der Waals surface area (Å²) in [6.07, 6.45) is 3.69. The molecule has 1 unspecified atom stereocenters. The first-order valence-corrected chi connectivity index (χ1v) is 6.75. The molecule has 2 aromatic heterocycles. The summed E-state index contributed by atoms with van der Waals surface area (Å²) in [5.41, 5.74) is 5.91. The van der Waals surface area contributed by atoms with Crippen molar-refractivity contribution in [2.45, 2.75) is 47.2 Å². The third-order valence-electron chi connectivity index (χ3n) is 3.58. The Morgan fingerprint density at radius 1 is 1.32 bits per heavy atom. The maximum Gasteiger partial charge on any atom is 0.0649 e. The number of rotatable bonds is 4. The Bertz CT molecular complexity index is 572. The van der Waals surface area contributed by atoms with Gasteiger partial charge in [-0.2, -0.15) is 5.10 Å². The van der Waals surface area contributed by atoms with Crippen molar-refractivity contribution in [2.75, 3.05) is 5.32 Å². The summed E-state index contributed by atoms with van der Waals surface area (Å²) in [5, 5.41) is 8.10. The van der Waals surface area contributed by atoms with Crippen molar-refractivity contribution in [1.82, 2.24) is 14.8 Å². The predicted octanol–water partition coefficient (Wildman–Crippen LogP) is 3.40. The Morgan fingerprint density at radius 2 is 2.05 bits per heavy atom. The molecule has 19 heavy (non-hydrogen) atoms. The van der Waals surface area contributed by atoms with Crippen LogP contribution in [0.25, 0.3) is 0 Å². The molecule has 0 aliphatic heterocycles. The van der Waals surface area contributed by atoms with Gasteiger partial charge in [0.25, 0.3) is 0 Å². The van der Waals surface area contributed by atoms with Crippen molar-refractivity contribution in [3.8, 4) is 0 Å². The Hall–Kier alpha value is -1.84. The number of aromatic nitrogens is 3. The van der Waals surface area contributed by atoms with Crippen molar-refractivity contribution >= 4 is 5.69 Å². The molecule has 0 aliphatic rings. The quantitative estimate of drug-likeness (QED) is 0.914. The number of nitrogens with one attached hydrogen (secondary N) is 1. The minimum atomic E-state index is 0.225. The van der Waals surface area contributed by atoms with Gasteiger partial charge >= 0.3 is 0 Å². The van der Waals surface area contributed by atoms with Crippen LogP contribution in [0.1, 0.15) is 42.4 Å². The number of aryl methyl sites for hydroxylation is 3. The number of anilines is 1. The summed E-state index contributed by atoms with van der Waals surface area (Å²) in [4.78, 5) is 4.18. The maximum atomic E-state index is 4.57. The second kappa shape index (κ2) is 5.43. The van der Waals surface area contributed by atoms with Crippen LogP contribution in [0.2, 0.25) is 0 Å². The zero-order chi connectivity index (χ0) is 14.0. The van der Waals surface area contributed by atoms with Crippen LogP contribution in [0.5, 0.6) is 0 Å². The molecule has 0 aliphatic carbocycles. The molecule has 2 aromatic rings. The maximum absolute atomic E-state index is 4.57. The molecule has 1 atom stereocenters. The topological polar surface area (TPSA) is 42.7 Å². The summed E-state index contributed by atoms with van der Waals surface area (Å²) in [6, 6.07) is 2.24. The van der Waals surface area contributed by atoms with Crippen LogP contribution in [0.3, 0.4) is 0 Å². The Kier molecular flexibility index (Phi) is 3.88. The van der Waals surface area contributed by atoms with Crippen molar-refractivity contribution < 1.29 is 0 Å². The zero-order valence-corrected chi connectivity index (χ0v) is 12.4. The average molecular weight is 258 g/mol. The molecule has 1 N–H and O–H groups in total. The molecule has 4 heteroatoms. The molecule has 2 heterocycles. The van der Waals surface area contributed by atoms with Gasteiger partial charge in [0.15, 0.2) is 0 Å². The lowest BCUT2D eigenvalue weighted by atomic mass is 10.1. The van der Waals surface area contributed by atoms with E-state index in [1.165, 1.54) is 16.8 Å². The lowest BCUT2D eigenvalue weighted by molar-refractivity contribution is 0.632. The Labute approximate surface area is 114 Å². The van der Waals surface area contributed by atoms with Crippen LogP contribution < -0.4 is 5.32 Å². The summed E-state index contributed by atoms with van der Waals surface area (Å²) in [6.45, 7) is 11.5. The highest BCUT2D eigenvalue weighted by Gasteiger charge is 2.17. The fourth-order valence-corrected chi connectivity index (χ4v) is 2.57. The minimum absolute atomic E-state index is 0.225. The second-order valence-electron chi connectivity index (χ2n) is 4.96. The second-order valence-corrected chi connectivity index (χ2v) is 4.96. The van der Waals surface area contributed by atoms with Crippen LogP contribution in [0, 0.1) is 20.8 Å². The molecule has 0 amide bonds. The molecule has 0 saturated carbocycles. The highest BCUT2D eigenvalue weighted by Crippen LogP contribution is 2.26. The van der Waals surface area contributed by atoms with Crippen molar-refractivity contribution in [3.05, 3.63) is 41.0 Å². The van der Waals surface area contributed by atoms with Crippen molar-refractivity contribution in [2.24, 2.45) is 0 Å². The van der Waals surface area contributed by atoms with Crippen LogP contribution in [-0.2, 0) is 6.54 Å². The molecule has 0 bridgehead atoms. The average Bonchev–Trinajstić information content (AvgIpc) is 2.67. The van der Waals surface area contributed by atoms with Crippen LogP contribution in [-0.4, -0.2) is 14.8 Å². The molecule has 2 rings (SSSR count). The highest BCUT2D eigenvalue weighted by molar-refractivity contribution is 5.50. The molecule has 0 radical (unpaired) electrons. The van der Waals surface area contributed by atoms with E-state index in [-0.39, 0.29) is 6.04 Å². The van der Waals surface area contributed by atoms with Gasteiger partial charge in [-0.1, -0.05) is 0 Å². The first-order valence-electron chi connectivity index (χ1n) is 6.75. The van der Waals surface area contributed by atoms with Gasteiger partial charge in [0.1, 0.15) is 0 Å². The lowest BCUT2D eigenvalue weighted by Gasteiger charge is -2.17. The van der Waals surface area contributed by atoms with E-state index in [4.69, 9.17) is 0 Å². The van der Waals surface area contributed by atoms with Gasteiger partial charge in [-0.05, 0) is 46.2 Å². The van der Waals surface area contributed by atoms with Gasteiger partial charge < -0.3 is 5.32 Å². The fourth-order valence-electron chi connectivity index (χ4n) is 2.57. The van der Waals surface area contributed by atoms with E-state index in [0.29, 0.717) is 0 Å². The van der Waals surface area contributed by atoms with E-state index in [9.17, 15) is 0 Å². The number of hydrogen-bond acceptors (Lipinski definition) is 3. The van der Waals surface area contributed by atoms with E-state index in [1.807, 2.05) is 18.5 Å². The molecule has 0 saturated heterocycles. The third-order valence-corrected chi connectivity index (χ3v) is 3.58. The third kappa shape index (κ3) is 2.62. The van der Waals surface area contributed by atoms with Gasteiger partial charge in [0.05, 0.1) is 23.6 Å².